The molecule has 0 aliphatic carbocycles. The van der Waals surface area contributed by atoms with E-state index in [2.05, 4.69) is 0 Å². The van der Waals surface area contributed by atoms with Crippen molar-refractivity contribution in [3.8, 4) is 0 Å². The number of aryl methyl sites for hydroxylation is 1. The highest BCUT2D eigenvalue weighted by Crippen LogP contribution is 2.10. The van der Waals surface area contributed by atoms with Crippen LogP contribution in [-0.2, 0) is 26.2 Å². The molecule has 0 aliphatic rings. The zero-order chi connectivity index (χ0) is 16.9. The standard InChI is InChI=1S/C17H19NO4S/c1-13-8-10-16(11-9-13)23(20,21)18-17(19)14(2)22-12-15-6-4-3-5-7-15/h3-11,14H,12H2,1-2H3,(H,18,19)/t14-/m0/s1. The zero-order valence-corrected chi connectivity index (χ0v) is 13.8. The number of hydrogen-bond donors (Lipinski definition) is 1. The van der Waals surface area contributed by atoms with Crippen LogP contribution in [0.3, 0.4) is 0 Å². The van der Waals surface area contributed by atoms with E-state index in [9.17, 15) is 13.2 Å². The minimum absolute atomic E-state index is 0.0479. The van der Waals surface area contributed by atoms with Crippen LogP contribution < -0.4 is 4.72 Å². The summed E-state index contributed by atoms with van der Waals surface area (Å²) >= 11 is 0. The number of benzene rings is 2. The third-order valence-electron chi connectivity index (χ3n) is 3.28. The van der Waals surface area contributed by atoms with Gasteiger partial charge in [0.1, 0.15) is 6.10 Å². The molecule has 6 heteroatoms. The molecule has 0 bridgehead atoms. The molecule has 1 amide bonds. The van der Waals surface area contributed by atoms with Crippen LogP contribution in [0.2, 0.25) is 0 Å². The Morgan fingerprint density at radius 2 is 1.70 bits per heavy atom. The maximum Gasteiger partial charge on any atom is 0.264 e. The first kappa shape index (κ1) is 17.2. The molecule has 0 aliphatic heterocycles. The first-order valence-corrected chi connectivity index (χ1v) is 8.65. The minimum Gasteiger partial charge on any atom is -0.364 e. The molecule has 0 saturated carbocycles. The van der Waals surface area contributed by atoms with Gasteiger partial charge in [0.2, 0.25) is 0 Å². The number of rotatable bonds is 6. The summed E-state index contributed by atoms with van der Waals surface area (Å²) in [5.41, 5.74) is 1.85. The summed E-state index contributed by atoms with van der Waals surface area (Å²) in [5.74, 6) is -0.693. The molecule has 2 aromatic carbocycles. The minimum atomic E-state index is -3.88. The van der Waals surface area contributed by atoms with Gasteiger partial charge in [-0.25, -0.2) is 13.1 Å². The first-order valence-electron chi connectivity index (χ1n) is 7.17. The molecule has 0 unspecified atom stereocenters. The quantitative estimate of drug-likeness (QED) is 0.881. The van der Waals surface area contributed by atoms with Crippen molar-refractivity contribution in [3.63, 3.8) is 0 Å². The second kappa shape index (κ2) is 7.39. The van der Waals surface area contributed by atoms with Crippen molar-refractivity contribution in [1.29, 1.82) is 0 Å². The van der Waals surface area contributed by atoms with Gasteiger partial charge in [-0.05, 0) is 31.5 Å². The van der Waals surface area contributed by atoms with Gasteiger partial charge in [0.15, 0.2) is 0 Å². The molecule has 0 radical (unpaired) electrons. The molecular weight excluding hydrogens is 314 g/mol. The average molecular weight is 333 g/mol. The van der Waals surface area contributed by atoms with Gasteiger partial charge < -0.3 is 4.74 Å². The van der Waals surface area contributed by atoms with Crippen LogP contribution in [0.5, 0.6) is 0 Å². The van der Waals surface area contributed by atoms with Crippen molar-refractivity contribution >= 4 is 15.9 Å². The molecule has 2 rings (SSSR count). The maximum absolute atomic E-state index is 12.1. The van der Waals surface area contributed by atoms with Crippen molar-refractivity contribution < 1.29 is 17.9 Å². The fourth-order valence-electron chi connectivity index (χ4n) is 1.86. The first-order chi connectivity index (χ1) is 10.9. The molecule has 122 valence electrons. The van der Waals surface area contributed by atoms with Crippen LogP contribution in [-0.4, -0.2) is 20.4 Å². The van der Waals surface area contributed by atoms with Crippen molar-refractivity contribution in [1.82, 2.24) is 4.72 Å². The van der Waals surface area contributed by atoms with E-state index in [1.807, 2.05) is 42.0 Å². The SMILES string of the molecule is Cc1ccc(S(=O)(=O)NC(=O)[C@H](C)OCc2ccccc2)cc1. The Bertz CT molecular complexity index is 755. The number of carbonyl (C=O) groups is 1. The Kier molecular flexibility index (Phi) is 5.52. The highest BCUT2D eigenvalue weighted by Gasteiger charge is 2.22. The Hall–Kier alpha value is -2.18. The number of amides is 1. The monoisotopic (exact) mass is 333 g/mol. The molecule has 0 saturated heterocycles. The topological polar surface area (TPSA) is 72.5 Å². The Labute approximate surface area is 136 Å². The summed E-state index contributed by atoms with van der Waals surface area (Å²) in [4.78, 5) is 12.1. The summed E-state index contributed by atoms with van der Waals surface area (Å²) in [7, 11) is -3.88. The van der Waals surface area contributed by atoms with Crippen LogP contribution in [0.1, 0.15) is 18.1 Å². The second-order valence-electron chi connectivity index (χ2n) is 5.22. The molecule has 5 nitrogen and oxygen atoms in total. The van der Waals surface area contributed by atoms with Crippen molar-refractivity contribution in [2.45, 2.75) is 31.5 Å². The normalized spacial score (nSPS) is 12.6. The number of carbonyl (C=O) groups excluding carboxylic acids is 1. The fourth-order valence-corrected chi connectivity index (χ4v) is 2.91. The molecule has 0 aromatic heterocycles. The molecule has 2 aromatic rings. The van der Waals surface area contributed by atoms with E-state index in [1.54, 1.807) is 12.1 Å². The van der Waals surface area contributed by atoms with Gasteiger partial charge in [0, 0.05) is 0 Å². The van der Waals surface area contributed by atoms with Gasteiger partial charge in [0.05, 0.1) is 11.5 Å². The number of sulfonamides is 1. The highest BCUT2D eigenvalue weighted by atomic mass is 32.2. The fraction of sp³-hybridized carbons (Fsp3) is 0.235. The van der Waals surface area contributed by atoms with E-state index in [4.69, 9.17) is 4.74 Å². The maximum atomic E-state index is 12.1. The summed E-state index contributed by atoms with van der Waals surface area (Å²) in [6.07, 6.45) is -0.879. The van der Waals surface area contributed by atoms with Crippen LogP contribution in [0, 0.1) is 6.92 Å². The number of ether oxygens (including phenoxy) is 1. The Morgan fingerprint density at radius 3 is 2.30 bits per heavy atom. The van der Waals surface area contributed by atoms with Gasteiger partial charge >= 0.3 is 0 Å². The lowest BCUT2D eigenvalue weighted by Crippen LogP contribution is -2.38. The van der Waals surface area contributed by atoms with Crippen molar-refractivity contribution in [2.75, 3.05) is 0 Å². The zero-order valence-electron chi connectivity index (χ0n) is 13.0. The second-order valence-corrected chi connectivity index (χ2v) is 6.90. The lowest BCUT2D eigenvalue weighted by molar-refractivity contribution is -0.130. The average Bonchev–Trinajstić information content (AvgIpc) is 2.53. The van der Waals surface area contributed by atoms with E-state index >= 15 is 0 Å². The van der Waals surface area contributed by atoms with Gasteiger partial charge in [-0.2, -0.15) is 0 Å². The predicted octanol–water partition coefficient (Wildman–Crippen LogP) is 2.41. The highest BCUT2D eigenvalue weighted by molar-refractivity contribution is 7.90. The summed E-state index contributed by atoms with van der Waals surface area (Å²) < 4.78 is 31.7. The van der Waals surface area contributed by atoms with E-state index in [0.717, 1.165) is 11.1 Å². The van der Waals surface area contributed by atoms with E-state index in [1.165, 1.54) is 19.1 Å². The molecule has 23 heavy (non-hydrogen) atoms. The number of hydrogen-bond acceptors (Lipinski definition) is 4. The van der Waals surface area contributed by atoms with Crippen LogP contribution in [0.15, 0.2) is 59.5 Å². The molecule has 1 atom stereocenters. The predicted molar refractivity (Wildman–Crippen MR) is 87.2 cm³/mol. The van der Waals surface area contributed by atoms with Crippen LogP contribution in [0.4, 0.5) is 0 Å². The van der Waals surface area contributed by atoms with Gasteiger partial charge in [-0.15, -0.1) is 0 Å². The van der Waals surface area contributed by atoms with Crippen molar-refractivity contribution in [3.05, 3.63) is 65.7 Å². The molecule has 0 spiro atoms. The third-order valence-corrected chi connectivity index (χ3v) is 4.64. The van der Waals surface area contributed by atoms with E-state index in [0.29, 0.717) is 0 Å². The lowest BCUT2D eigenvalue weighted by Gasteiger charge is -2.14. The van der Waals surface area contributed by atoms with E-state index in [-0.39, 0.29) is 11.5 Å². The van der Waals surface area contributed by atoms with Crippen LogP contribution >= 0.6 is 0 Å². The summed E-state index contributed by atoms with van der Waals surface area (Å²) in [5, 5.41) is 0. The largest absolute Gasteiger partial charge is 0.364 e. The number of nitrogens with one attached hydrogen (secondary N) is 1. The van der Waals surface area contributed by atoms with Crippen LogP contribution in [0.25, 0.3) is 0 Å². The van der Waals surface area contributed by atoms with Gasteiger partial charge in [0.25, 0.3) is 15.9 Å². The lowest BCUT2D eigenvalue weighted by atomic mass is 10.2. The molecule has 0 fully saturated rings. The van der Waals surface area contributed by atoms with E-state index < -0.39 is 22.0 Å². The molecule has 0 heterocycles. The van der Waals surface area contributed by atoms with Gasteiger partial charge in [-0.3, -0.25) is 4.79 Å². The van der Waals surface area contributed by atoms with Crippen molar-refractivity contribution in [2.24, 2.45) is 0 Å². The molecular formula is C17H19NO4S. The summed E-state index contributed by atoms with van der Waals surface area (Å²) in [6, 6.07) is 15.6. The van der Waals surface area contributed by atoms with Gasteiger partial charge in [-0.1, -0.05) is 48.0 Å². The smallest absolute Gasteiger partial charge is 0.264 e. The molecule has 1 N–H and O–H groups in total. The third kappa shape index (κ3) is 4.91. The Morgan fingerprint density at radius 1 is 1.09 bits per heavy atom. The Balaban J connectivity index is 1.96. The summed E-state index contributed by atoms with van der Waals surface area (Å²) in [6.45, 7) is 3.61.